The van der Waals surface area contributed by atoms with Crippen molar-refractivity contribution in [2.75, 3.05) is 0 Å². The van der Waals surface area contributed by atoms with Crippen molar-refractivity contribution in [3.05, 3.63) is 192 Å². The van der Waals surface area contributed by atoms with E-state index >= 15 is 0 Å². The minimum Gasteiger partial charge on any atom is -0.455 e. The van der Waals surface area contributed by atoms with Crippen molar-refractivity contribution in [2.24, 2.45) is 0 Å². The van der Waals surface area contributed by atoms with Gasteiger partial charge in [0, 0.05) is 37.3 Å². The summed E-state index contributed by atoms with van der Waals surface area (Å²) in [6, 6.07) is 60.4. The van der Waals surface area contributed by atoms with Crippen LogP contribution in [0.15, 0.2) is 184 Å². The fraction of sp³-hybridized carbons (Fsp3) is 0.0213. The highest BCUT2D eigenvalue weighted by Crippen LogP contribution is 2.62. The van der Waals surface area contributed by atoms with Crippen molar-refractivity contribution in [1.82, 2.24) is 9.97 Å². The molecule has 0 bridgehead atoms. The molecule has 4 heteroatoms. The summed E-state index contributed by atoms with van der Waals surface area (Å²) in [6.45, 7) is 0. The molecule has 51 heavy (non-hydrogen) atoms. The summed E-state index contributed by atoms with van der Waals surface area (Å²) in [6.07, 6.45) is 0. The highest BCUT2D eigenvalue weighted by molar-refractivity contribution is 7.99. The van der Waals surface area contributed by atoms with Gasteiger partial charge in [0.15, 0.2) is 5.82 Å². The van der Waals surface area contributed by atoms with Gasteiger partial charge in [-0.05, 0) is 63.7 Å². The molecule has 3 heterocycles. The third-order valence-corrected chi connectivity index (χ3v) is 11.7. The van der Waals surface area contributed by atoms with Crippen LogP contribution in [0.4, 0.5) is 0 Å². The molecule has 0 saturated heterocycles. The quantitative estimate of drug-likeness (QED) is 0.188. The Kier molecular flexibility index (Phi) is 6.10. The molecule has 0 fully saturated rings. The molecule has 0 radical (unpaired) electrons. The van der Waals surface area contributed by atoms with E-state index in [9.17, 15) is 0 Å². The molecule has 238 valence electrons. The van der Waals surface area contributed by atoms with Crippen LogP contribution in [0, 0.1) is 0 Å². The van der Waals surface area contributed by atoms with Gasteiger partial charge in [-0.15, -0.1) is 0 Å². The van der Waals surface area contributed by atoms with E-state index < -0.39 is 5.41 Å². The van der Waals surface area contributed by atoms with Gasteiger partial charge in [0.25, 0.3) is 0 Å². The first kappa shape index (κ1) is 28.6. The van der Waals surface area contributed by atoms with Gasteiger partial charge < -0.3 is 4.42 Å². The van der Waals surface area contributed by atoms with E-state index in [1.807, 2.05) is 48.2 Å². The molecule has 1 spiro atoms. The second-order valence-corrected chi connectivity index (χ2v) is 14.3. The average Bonchev–Trinajstić information content (AvgIpc) is 3.71. The minimum atomic E-state index is -0.456. The largest absolute Gasteiger partial charge is 0.455 e. The molecule has 1 aliphatic heterocycles. The fourth-order valence-electron chi connectivity index (χ4n) is 8.41. The van der Waals surface area contributed by atoms with Crippen LogP contribution in [0.5, 0.6) is 0 Å². The third-order valence-electron chi connectivity index (χ3n) is 10.6. The molecule has 11 rings (SSSR count). The minimum absolute atomic E-state index is 0.456. The van der Waals surface area contributed by atoms with E-state index in [1.54, 1.807) is 0 Å². The first-order valence-electron chi connectivity index (χ1n) is 17.2. The van der Waals surface area contributed by atoms with E-state index in [0.29, 0.717) is 5.82 Å². The van der Waals surface area contributed by atoms with Crippen molar-refractivity contribution in [3.8, 4) is 45.0 Å². The van der Waals surface area contributed by atoms with Gasteiger partial charge in [-0.3, -0.25) is 0 Å². The van der Waals surface area contributed by atoms with Crippen molar-refractivity contribution < 1.29 is 4.42 Å². The van der Waals surface area contributed by atoms with Gasteiger partial charge in [0.05, 0.1) is 16.8 Å². The first-order chi connectivity index (χ1) is 25.3. The smallest absolute Gasteiger partial charge is 0.160 e. The van der Waals surface area contributed by atoms with Crippen LogP contribution in [0.25, 0.3) is 67.0 Å². The maximum absolute atomic E-state index is 6.99. The second kappa shape index (κ2) is 10.9. The topological polar surface area (TPSA) is 38.9 Å². The van der Waals surface area contributed by atoms with Gasteiger partial charge in [-0.25, -0.2) is 9.97 Å². The number of fused-ring (bicyclic) bond motifs is 12. The van der Waals surface area contributed by atoms with Crippen molar-refractivity contribution in [2.45, 2.75) is 15.2 Å². The van der Waals surface area contributed by atoms with Crippen LogP contribution < -0.4 is 0 Å². The van der Waals surface area contributed by atoms with Crippen molar-refractivity contribution in [3.63, 3.8) is 0 Å². The average molecular weight is 669 g/mol. The predicted molar refractivity (Wildman–Crippen MR) is 207 cm³/mol. The number of rotatable bonds is 3. The molecular weight excluding hydrogens is 641 g/mol. The molecule has 0 amide bonds. The Morgan fingerprint density at radius 3 is 1.78 bits per heavy atom. The lowest BCUT2D eigenvalue weighted by Crippen LogP contribution is -2.31. The molecule has 3 nitrogen and oxygen atoms in total. The molecule has 2 aliphatic rings. The zero-order chi connectivity index (χ0) is 33.5. The van der Waals surface area contributed by atoms with E-state index in [-0.39, 0.29) is 0 Å². The normalized spacial score (nSPS) is 13.6. The Morgan fingerprint density at radius 1 is 0.431 bits per heavy atom. The Balaban J connectivity index is 1.18. The van der Waals surface area contributed by atoms with Gasteiger partial charge >= 0.3 is 0 Å². The first-order valence-corrected chi connectivity index (χ1v) is 18.1. The number of aromatic nitrogens is 2. The maximum atomic E-state index is 6.99. The van der Waals surface area contributed by atoms with Crippen LogP contribution in [-0.4, -0.2) is 9.97 Å². The molecular formula is C47H28N2OS. The standard InChI is InChI=1S/C47H28N2OS/c1-3-14-29(15-4-1)40-28-41(49-46(48-40)30-16-5-2-6-17-30)34-21-13-20-33-35-26-44-39(27-42(35)50-45(33)34)47(38-24-11-12-25-43(38)51-44)36-22-9-7-18-31(36)32-19-8-10-23-37(32)47/h1-28H. The molecule has 7 aromatic carbocycles. The lowest BCUT2D eigenvalue weighted by atomic mass is 9.67. The zero-order valence-corrected chi connectivity index (χ0v) is 28.2. The highest BCUT2D eigenvalue weighted by Gasteiger charge is 2.50. The SMILES string of the molecule is c1ccc(-c2cc(-c3cccc4c3oc3cc5c(cc34)Sc3ccccc3C53c4ccccc4-c4ccccc43)nc(-c3ccccc3)n2)cc1. The maximum Gasteiger partial charge on any atom is 0.160 e. The Bertz CT molecular complexity index is 2740. The number of hydrogen-bond acceptors (Lipinski definition) is 4. The van der Waals surface area contributed by atoms with Crippen LogP contribution in [0.2, 0.25) is 0 Å². The van der Waals surface area contributed by atoms with Gasteiger partial charge in [0.1, 0.15) is 11.2 Å². The number of hydrogen-bond donors (Lipinski definition) is 0. The second-order valence-electron chi connectivity index (χ2n) is 13.3. The molecule has 9 aromatic rings. The van der Waals surface area contributed by atoms with Gasteiger partial charge in [-0.2, -0.15) is 0 Å². The van der Waals surface area contributed by atoms with Gasteiger partial charge in [0.2, 0.25) is 0 Å². The van der Waals surface area contributed by atoms with Gasteiger partial charge in [-0.1, -0.05) is 151 Å². The van der Waals surface area contributed by atoms with E-state index in [2.05, 4.69) is 133 Å². The summed E-state index contributed by atoms with van der Waals surface area (Å²) < 4.78 is 6.99. The number of benzene rings is 7. The van der Waals surface area contributed by atoms with Crippen molar-refractivity contribution in [1.29, 1.82) is 0 Å². The zero-order valence-electron chi connectivity index (χ0n) is 27.4. The monoisotopic (exact) mass is 668 g/mol. The summed E-state index contributed by atoms with van der Waals surface area (Å²) in [7, 11) is 0. The summed E-state index contributed by atoms with van der Waals surface area (Å²) >= 11 is 1.86. The molecule has 1 aliphatic carbocycles. The summed E-state index contributed by atoms with van der Waals surface area (Å²) in [5, 5.41) is 2.18. The lowest BCUT2D eigenvalue weighted by Gasteiger charge is -2.39. The van der Waals surface area contributed by atoms with Crippen LogP contribution >= 0.6 is 11.8 Å². The molecule has 2 aromatic heterocycles. The third kappa shape index (κ3) is 4.08. The predicted octanol–water partition coefficient (Wildman–Crippen LogP) is 12.2. The van der Waals surface area contributed by atoms with Crippen LogP contribution in [0.3, 0.4) is 0 Å². The van der Waals surface area contributed by atoms with Crippen LogP contribution in [0.1, 0.15) is 22.3 Å². The van der Waals surface area contributed by atoms with Crippen molar-refractivity contribution >= 4 is 33.7 Å². The lowest BCUT2D eigenvalue weighted by molar-refractivity contribution is 0.663. The Morgan fingerprint density at radius 2 is 1.04 bits per heavy atom. The molecule has 0 unspecified atom stereocenters. The van der Waals surface area contributed by atoms with E-state index in [0.717, 1.165) is 50.0 Å². The molecule has 0 saturated carbocycles. The fourth-order valence-corrected chi connectivity index (χ4v) is 9.62. The Hall–Kier alpha value is -6.23. The number of furan rings is 1. The number of para-hydroxylation sites is 1. The number of nitrogens with zero attached hydrogens (tertiary/aromatic N) is 2. The summed E-state index contributed by atoms with van der Waals surface area (Å²) in [5.41, 5.74) is 13.7. The van der Waals surface area contributed by atoms with Crippen LogP contribution in [-0.2, 0) is 5.41 Å². The summed E-state index contributed by atoms with van der Waals surface area (Å²) in [5.74, 6) is 0.685. The van der Waals surface area contributed by atoms with E-state index in [1.165, 1.54) is 43.2 Å². The molecule has 0 N–H and O–H groups in total. The summed E-state index contributed by atoms with van der Waals surface area (Å²) in [4.78, 5) is 12.7. The molecule has 0 atom stereocenters. The highest BCUT2D eigenvalue weighted by atomic mass is 32.2. The Labute approximate surface area is 299 Å². The van der Waals surface area contributed by atoms with E-state index in [4.69, 9.17) is 14.4 Å².